The summed E-state index contributed by atoms with van der Waals surface area (Å²) < 4.78 is 23.9. The Bertz CT molecular complexity index is 589. The van der Waals surface area contributed by atoms with Gasteiger partial charge in [0.25, 0.3) is 0 Å². The molecule has 1 aliphatic rings. The van der Waals surface area contributed by atoms with Gasteiger partial charge >= 0.3 is 5.97 Å². The predicted molar refractivity (Wildman–Crippen MR) is 77.6 cm³/mol. The number of halogens is 1. The number of amides is 1. The topological polar surface area (TPSA) is 90.7 Å². The van der Waals surface area contributed by atoms with Crippen molar-refractivity contribution in [2.45, 2.75) is 32.4 Å². The van der Waals surface area contributed by atoms with E-state index in [1.807, 2.05) is 6.92 Å². The molecule has 1 aliphatic heterocycles. The molecule has 2 atom stereocenters. The number of anilines is 1. The quantitative estimate of drug-likeness (QED) is 0.502. The smallest absolute Gasteiger partial charge is 0.324 e. The lowest BCUT2D eigenvalue weighted by atomic mass is 9.97. The molecular formula is C15H19FN2O4. The van der Waals surface area contributed by atoms with E-state index in [0.29, 0.717) is 6.42 Å². The van der Waals surface area contributed by atoms with Crippen molar-refractivity contribution in [3.8, 4) is 5.75 Å². The third-order valence-electron chi connectivity index (χ3n) is 3.34. The van der Waals surface area contributed by atoms with Crippen LogP contribution in [-0.4, -0.2) is 24.2 Å². The first-order valence-electron chi connectivity index (χ1n) is 7.10. The molecular weight excluding hydrogens is 291 g/mol. The van der Waals surface area contributed by atoms with Gasteiger partial charge < -0.3 is 14.8 Å². The number of rotatable bonds is 4. The van der Waals surface area contributed by atoms with Crippen LogP contribution in [0, 0.1) is 11.7 Å². The molecule has 0 aliphatic carbocycles. The van der Waals surface area contributed by atoms with Crippen LogP contribution in [0.5, 0.6) is 5.75 Å². The number of fused-ring (bicyclic) bond motifs is 1. The zero-order valence-electron chi connectivity index (χ0n) is 12.5. The Kier molecular flexibility index (Phi) is 4.65. The molecule has 0 aromatic heterocycles. The number of unbranched alkanes of at least 4 members (excludes halogenated alkanes) is 1. The standard InChI is InChI=1S/C15H19FN2O4/c1-3-4-7-21-14(20)12-13(19)18-10-8-9(16)5-6-11(10)22-15(12,2)17/h5-6,8,12H,3-4,7,17H2,1-2H3,(H,18,19)/t12-,15+/m1/s1. The van der Waals surface area contributed by atoms with E-state index in [1.54, 1.807) is 0 Å². The number of carbonyl (C=O) groups is 2. The molecule has 0 fully saturated rings. The summed E-state index contributed by atoms with van der Waals surface area (Å²) in [5.41, 5.74) is 4.52. The van der Waals surface area contributed by atoms with Crippen molar-refractivity contribution in [1.82, 2.24) is 0 Å². The maximum atomic E-state index is 13.3. The Morgan fingerprint density at radius 3 is 2.95 bits per heavy atom. The zero-order valence-corrected chi connectivity index (χ0v) is 12.5. The molecule has 6 nitrogen and oxygen atoms in total. The second kappa shape index (κ2) is 6.31. The number of carbonyl (C=O) groups excluding carboxylic acids is 2. The van der Waals surface area contributed by atoms with Gasteiger partial charge in [0, 0.05) is 6.07 Å². The van der Waals surface area contributed by atoms with Crippen molar-refractivity contribution < 1.29 is 23.5 Å². The highest BCUT2D eigenvalue weighted by molar-refractivity contribution is 6.07. The Morgan fingerprint density at radius 1 is 1.55 bits per heavy atom. The van der Waals surface area contributed by atoms with Gasteiger partial charge in [-0.15, -0.1) is 0 Å². The predicted octanol–water partition coefficient (Wildman–Crippen LogP) is 1.79. The highest BCUT2D eigenvalue weighted by Crippen LogP contribution is 2.34. The molecule has 120 valence electrons. The summed E-state index contributed by atoms with van der Waals surface area (Å²) in [5, 5.41) is 2.46. The fourth-order valence-corrected chi connectivity index (χ4v) is 2.19. The van der Waals surface area contributed by atoms with Crippen LogP contribution in [0.2, 0.25) is 0 Å². The van der Waals surface area contributed by atoms with Gasteiger partial charge in [-0.05, 0) is 25.5 Å². The molecule has 0 radical (unpaired) electrons. The number of esters is 1. The van der Waals surface area contributed by atoms with Crippen LogP contribution in [0.3, 0.4) is 0 Å². The van der Waals surface area contributed by atoms with E-state index in [2.05, 4.69) is 5.32 Å². The Balaban J connectivity index is 2.26. The van der Waals surface area contributed by atoms with Crippen LogP contribution in [0.25, 0.3) is 0 Å². The normalized spacial score (nSPS) is 23.8. The lowest BCUT2D eigenvalue weighted by Gasteiger charge is -2.29. The highest BCUT2D eigenvalue weighted by atomic mass is 19.1. The Hall–Kier alpha value is -2.15. The van der Waals surface area contributed by atoms with Crippen LogP contribution in [0.15, 0.2) is 18.2 Å². The number of benzene rings is 1. The average molecular weight is 310 g/mol. The molecule has 1 aromatic carbocycles. The SMILES string of the molecule is CCCCOC(=O)[C@H]1C(=O)Nc2cc(F)ccc2O[C@]1(C)N. The van der Waals surface area contributed by atoms with Crippen LogP contribution < -0.4 is 15.8 Å². The van der Waals surface area contributed by atoms with Crippen LogP contribution in [0.1, 0.15) is 26.7 Å². The highest BCUT2D eigenvalue weighted by Gasteiger charge is 2.47. The van der Waals surface area contributed by atoms with Crippen molar-refractivity contribution in [2.24, 2.45) is 11.7 Å². The fourth-order valence-electron chi connectivity index (χ4n) is 2.19. The molecule has 0 saturated heterocycles. The number of nitrogens with one attached hydrogen (secondary N) is 1. The van der Waals surface area contributed by atoms with E-state index in [9.17, 15) is 14.0 Å². The summed E-state index contributed by atoms with van der Waals surface area (Å²) in [6.45, 7) is 3.57. The molecule has 0 saturated carbocycles. The van der Waals surface area contributed by atoms with E-state index in [1.165, 1.54) is 19.1 Å². The molecule has 1 heterocycles. The second-order valence-electron chi connectivity index (χ2n) is 5.37. The molecule has 0 bridgehead atoms. The minimum absolute atomic E-state index is 0.130. The lowest BCUT2D eigenvalue weighted by Crippen LogP contribution is -2.56. The minimum atomic E-state index is -1.60. The van der Waals surface area contributed by atoms with Gasteiger partial charge in [-0.25, -0.2) is 4.39 Å². The molecule has 0 unspecified atom stereocenters. The van der Waals surface area contributed by atoms with Crippen LogP contribution in [0.4, 0.5) is 10.1 Å². The third-order valence-corrected chi connectivity index (χ3v) is 3.34. The first-order chi connectivity index (χ1) is 10.3. The average Bonchev–Trinajstić information content (AvgIpc) is 2.51. The molecule has 7 heteroatoms. The third kappa shape index (κ3) is 3.36. The van der Waals surface area contributed by atoms with Gasteiger partial charge in [-0.3, -0.25) is 15.3 Å². The summed E-state index contributed by atoms with van der Waals surface area (Å²) in [5.74, 6) is -3.13. The maximum absolute atomic E-state index is 13.3. The van der Waals surface area contributed by atoms with Gasteiger partial charge in [-0.2, -0.15) is 0 Å². The molecule has 0 spiro atoms. The Labute approximate surface area is 127 Å². The largest absolute Gasteiger partial charge is 0.470 e. The maximum Gasteiger partial charge on any atom is 0.324 e. The summed E-state index contributed by atoms with van der Waals surface area (Å²) in [7, 11) is 0. The van der Waals surface area contributed by atoms with Gasteiger partial charge in [0.2, 0.25) is 5.91 Å². The van der Waals surface area contributed by atoms with Crippen molar-refractivity contribution in [3.63, 3.8) is 0 Å². The van der Waals surface area contributed by atoms with Crippen molar-refractivity contribution in [1.29, 1.82) is 0 Å². The number of ether oxygens (including phenoxy) is 2. The van der Waals surface area contributed by atoms with Gasteiger partial charge in [0.05, 0.1) is 12.3 Å². The van der Waals surface area contributed by atoms with Crippen LogP contribution >= 0.6 is 0 Å². The van der Waals surface area contributed by atoms with Gasteiger partial charge in [0.1, 0.15) is 11.6 Å². The van der Waals surface area contributed by atoms with Crippen molar-refractivity contribution in [3.05, 3.63) is 24.0 Å². The lowest BCUT2D eigenvalue weighted by molar-refractivity contribution is -0.159. The molecule has 2 rings (SSSR count). The van der Waals surface area contributed by atoms with Crippen molar-refractivity contribution >= 4 is 17.6 Å². The molecule has 22 heavy (non-hydrogen) atoms. The first kappa shape index (κ1) is 16.2. The number of nitrogens with two attached hydrogens (primary N) is 1. The molecule has 1 aromatic rings. The number of hydrogen-bond donors (Lipinski definition) is 2. The molecule has 1 amide bonds. The number of hydrogen-bond acceptors (Lipinski definition) is 5. The minimum Gasteiger partial charge on any atom is -0.470 e. The summed E-state index contributed by atoms with van der Waals surface area (Å²) in [6.07, 6.45) is 1.54. The monoisotopic (exact) mass is 310 g/mol. The Morgan fingerprint density at radius 2 is 2.27 bits per heavy atom. The van der Waals surface area contributed by atoms with Crippen LogP contribution in [-0.2, 0) is 14.3 Å². The summed E-state index contributed by atoms with van der Waals surface area (Å²) in [6, 6.07) is 3.63. The van der Waals surface area contributed by atoms with Gasteiger partial charge in [0.15, 0.2) is 11.6 Å². The van der Waals surface area contributed by atoms with Gasteiger partial charge in [-0.1, -0.05) is 13.3 Å². The summed E-state index contributed by atoms with van der Waals surface area (Å²) >= 11 is 0. The van der Waals surface area contributed by atoms with E-state index in [4.69, 9.17) is 15.2 Å². The van der Waals surface area contributed by atoms with E-state index < -0.39 is 29.3 Å². The summed E-state index contributed by atoms with van der Waals surface area (Å²) in [4.78, 5) is 24.4. The van der Waals surface area contributed by atoms with Crippen molar-refractivity contribution in [2.75, 3.05) is 11.9 Å². The fraction of sp³-hybridized carbons (Fsp3) is 0.467. The van der Waals surface area contributed by atoms with E-state index in [-0.39, 0.29) is 18.0 Å². The molecule has 3 N–H and O–H groups in total. The first-order valence-corrected chi connectivity index (χ1v) is 7.10. The second-order valence-corrected chi connectivity index (χ2v) is 5.37. The van der Waals surface area contributed by atoms with E-state index in [0.717, 1.165) is 12.5 Å². The zero-order chi connectivity index (χ0) is 16.3. The van der Waals surface area contributed by atoms with E-state index >= 15 is 0 Å².